The Morgan fingerprint density at radius 3 is 2.75 bits per heavy atom. The van der Waals surface area contributed by atoms with Gasteiger partial charge < -0.3 is 5.32 Å². The quantitative estimate of drug-likeness (QED) is 0.868. The van der Waals surface area contributed by atoms with E-state index in [-0.39, 0.29) is 12.3 Å². The molecule has 1 aromatic rings. The van der Waals surface area contributed by atoms with Gasteiger partial charge in [-0.15, -0.1) is 0 Å². The van der Waals surface area contributed by atoms with Crippen LogP contribution >= 0.6 is 15.9 Å². The number of nitriles is 1. The number of hydrogen-bond acceptors (Lipinski definition) is 4. The highest BCUT2D eigenvalue weighted by Gasteiger charge is 2.07. The monoisotopic (exact) mass is 303 g/mol. The van der Waals surface area contributed by atoms with Crippen molar-refractivity contribution in [1.29, 1.82) is 5.26 Å². The Morgan fingerprint density at radius 2 is 2.19 bits per heavy atom. The van der Waals surface area contributed by atoms with Crippen LogP contribution in [0.5, 0.6) is 0 Å². The molecule has 1 aromatic carbocycles. The molecule has 0 aliphatic rings. The molecule has 1 rings (SSSR count). The first-order valence-corrected chi connectivity index (χ1v) is 6.88. The van der Waals surface area contributed by atoms with Gasteiger partial charge in [0.1, 0.15) is 6.07 Å². The van der Waals surface area contributed by atoms with E-state index in [9.17, 15) is 8.42 Å². The summed E-state index contributed by atoms with van der Waals surface area (Å²) in [6, 6.07) is 7.22. The highest BCUT2D eigenvalue weighted by molar-refractivity contribution is 9.10. The average molecular weight is 304 g/mol. The van der Waals surface area contributed by atoms with E-state index < -0.39 is 10.0 Å². The molecule has 0 saturated heterocycles. The number of benzene rings is 1. The highest BCUT2D eigenvalue weighted by atomic mass is 79.9. The molecule has 3 N–H and O–H groups in total. The SMILES string of the molecule is N#Cc1c(Br)cccc1NCCS(N)(=O)=O. The summed E-state index contributed by atoms with van der Waals surface area (Å²) in [6.07, 6.45) is 0. The van der Waals surface area contributed by atoms with Gasteiger partial charge in [0.25, 0.3) is 0 Å². The van der Waals surface area contributed by atoms with Crippen LogP contribution < -0.4 is 10.5 Å². The summed E-state index contributed by atoms with van der Waals surface area (Å²) >= 11 is 3.23. The second kappa shape index (κ2) is 5.30. The Bertz CT molecular complexity index is 522. The van der Waals surface area contributed by atoms with Crippen LogP contribution in [0, 0.1) is 11.3 Å². The summed E-state index contributed by atoms with van der Waals surface area (Å²) in [7, 11) is -3.48. The molecule has 5 nitrogen and oxygen atoms in total. The van der Waals surface area contributed by atoms with Crippen LogP contribution in [0.2, 0.25) is 0 Å². The lowest BCUT2D eigenvalue weighted by Crippen LogP contribution is -2.22. The summed E-state index contributed by atoms with van der Waals surface area (Å²) in [5.74, 6) is -0.176. The van der Waals surface area contributed by atoms with Gasteiger partial charge in [-0.05, 0) is 28.1 Å². The Balaban J connectivity index is 2.76. The van der Waals surface area contributed by atoms with Crippen LogP contribution in [0.1, 0.15) is 5.56 Å². The molecule has 0 spiro atoms. The summed E-state index contributed by atoms with van der Waals surface area (Å²) in [6.45, 7) is 0.171. The van der Waals surface area contributed by atoms with E-state index in [1.807, 2.05) is 6.07 Å². The minimum Gasteiger partial charge on any atom is -0.383 e. The average Bonchev–Trinajstić information content (AvgIpc) is 2.16. The van der Waals surface area contributed by atoms with Crippen LogP contribution in [-0.4, -0.2) is 20.7 Å². The predicted molar refractivity (Wildman–Crippen MR) is 65.3 cm³/mol. The molecule has 0 saturated carbocycles. The van der Waals surface area contributed by atoms with Crippen LogP contribution in [0.15, 0.2) is 22.7 Å². The first-order valence-electron chi connectivity index (χ1n) is 4.37. The van der Waals surface area contributed by atoms with Crippen molar-refractivity contribution in [2.45, 2.75) is 0 Å². The molecule has 0 unspecified atom stereocenters. The van der Waals surface area contributed by atoms with E-state index in [0.717, 1.165) is 0 Å². The fraction of sp³-hybridized carbons (Fsp3) is 0.222. The first kappa shape index (κ1) is 13.0. The smallest absolute Gasteiger partial charge is 0.210 e. The lowest BCUT2D eigenvalue weighted by molar-refractivity contribution is 0.598. The van der Waals surface area contributed by atoms with Crippen LogP contribution in [-0.2, 0) is 10.0 Å². The fourth-order valence-corrected chi connectivity index (χ4v) is 1.95. The number of rotatable bonds is 4. The third kappa shape index (κ3) is 3.81. The molecule has 0 aromatic heterocycles. The molecule has 16 heavy (non-hydrogen) atoms. The van der Waals surface area contributed by atoms with Gasteiger partial charge in [0, 0.05) is 11.0 Å². The van der Waals surface area contributed by atoms with Gasteiger partial charge in [-0.2, -0.15) is 5.26 Å². The Morgan fingerprint density at radius 1 is 1.50 bits per heavy atom. The van der Waals surface area contributed by atoms with E-state index in [4.69, 9.17) is 10.4 Å². The normalized spacial score (nSPS) is 10.8. The molecule has 0 fully saturated rings. The van der Waals surface area contributed by atoms with Crippen molar-refractivity contribution in [1.82, 2.24) is 0 Å². The predicted octanol–water partition coefficient (Wildman–Crippen LogP) is 1.02. The molecule has 0 bridgehead atoms. The van der Waals surface area contributed by atoms with Gasteiger partial charge in [-0.1, -0.05) is 6.07 Å². The number of nitrogens with one attached hydrogen (secondary N) is 1. The van der Waals surface area contributed by atoms with Gasteiger partial charge in [-0.25, -0.2) is 13.6 Å². The number of nitrogens with zero attached hydrogens (tertiary/aromatic N) is 1. The van der Waals surface area contributed by atoms with Crippen molar-refractivity contribution in [3.63, 3.8) is 0 Å². The summed E-state index contributed by atoms with van der Waals surface area (Å²) < 4.78 is 22.1. The van der Waals surface area contributed by atoms with Crippen molar-refractivity contribution in [2.24, 2.45) is 5.14 Å². The maximum Gasteiger partial charge on any atom is 0.210 e. The van der Waals surface area contributed by atoms with E-state index in [1.54, 1.807) is 18.2 Å². The maximum absolute atomic E-state index is 10.7. The van der Waals surface area contributed by atoms with E-state index in [1.165, 1.54) is 0 Å². The number of nitrogens with two attached hydrogens (primary N) is 1. The van der Waals surface area contributed by atoms with Gasteiger partial charge in [0.15, 0.2) is 0 Å². The number of sulfonamides is 1. The second-order valence-corrected chi connectivity index (χ2v) is 5.66. The van der Waals surface area contributed by atoms with Gasteiger partial charge in [0.05, 0.1) is 17.0 Å². The summed E-state index contributed by atoms with van der Waals surface area (Å²) in [5, 5.41) is 16.6. The van der Waals surface area contributed by atoms with Crippen molar-refractivity contribution in [3.05, 3.63) is 28.2 Å². The lowest BCUT2D eigenvalue weighted by atomic mass is 10.2. The molecule has 0 heterocycles. The molecule has 0 atom stereocenters. The van der Waals surface area contributed by atoms with Gasteiger partial charge in [-0.3, -0.25) is 0 Å². The second-order valence-electron chi connectivity index (χ2n) is 3.07. The topological polar surface area (TPSA) is 96.0 Å². The van der Waals surface area contributed by atoms with E-state index in [0.29, 0.717) is 15.7 Å². The molecule has 0 aliphatic carbocycles. The molecule has 0 aliphatic heterocycles. The number of halogens is 1. The first-order chi connectivity index (χ1) is 7.44. The molecule has 0 radical (unpaired) electrons. The number of hydrogen-bond donors (Lipinski definition) is 2. The van der Waals surface area contributed by atoms with Gasteiger partial charge >= 0.3 is 0 Å². The zero-order chi connectivity index (χ0) is 12.2. The maximum atomic E-state index is 10.7. The molecular formula is C9H10BrN3O2S. The number of primary sulfonamides is 1. The van der Waals surface area contributed by atoms with Crippen LogP contribution in [0.4, 0.5) is 5.69 Å². The van der Waals surface area contributed by atoms with E-state index in [2.05, 4.69) is 21.2 Å². The van der Waals surface area contributed by atoms with Gasteiger partial charge in [0.2, 0.25) is 10.0 Å². The van der Waals surface area contributed by atoms with Crippen molar-refractivity contribution >= 4 is 31.6 Å². The third-order valence-electron chi connectivity index (χ3n) is 1.83. The van der Waals surface area contributed by atoms with Crippen LogP contribution in [0.3, 0.4) is 0 Å². The van der Waals surface area contributed by atoms with Crippen LogP contribution in [0.25, 0.3) is 0 Å². The zero-order valence-corrected chi connectivity index (χ0v) is 10.7. The van der Waals surface area contributed by atoms with Crippen molar-refractivity contribution in [3.8, 4) is 6.07 Å². The minimum atomic E-state index is -3.48. The molecule has 7 heteroatoms. The number of anilines is 1. The highest BCUT2D eigenvalue weighted by Crippen LogP contribution is 2.23. The van der Waals surface area contributed by atoms with Crippen molar-refractivity contribution in [2.75, 3.05) is 17.6 Å². The fourth-order valence-electron chi connectivity index (χ4n) is 1.11. The summed E-state index contributed by atoms with van der Waals surface area (Å²) in [4.78, 5) is 0. The Labute approximate surface area is 102 Å². The molecule has 86 valence electrons. The lowest BCUT2D eigenvalue weighted by Gasteiger charge is -2.08. The Hall–Kier alpha value is -1.10. The summed E-state index contributed by atoms with van der Waals surface area (Å²) in [5.41, 5.74) is 1.03. The zero-order valence-electron chi connectivity index (χ0n) is 8.27. The van der Waals surface area contributed by atoms with E-state index >= 15 is 0 Å². The largest absolute Gasteiger partial charge is 0.383 e. The molecular weight excluding hydrogens is 294 g/mol. The Kier molecular flexibility index (Phi) is 4.29. The minimum absolute atomic E-state index is 0.171. The third-order valence-corrected chi connectivity index (χ3v) is 3.26. The standard InChI is InChI=1S/C9H10BrN3O2S/c10-8-2-1-3-9(7(8)6-11)13-4-5-16(12,14)15/h1-3,13H,4-5H2,(H2,12,14,15). The molecule has 0 amide bonds. The van der Waals surface area contributed by atoms with Crippen molar-refractivity contribution < 1.29 is 8.42 Å².